The highest BCUT2D eigenvalue weighted by atomic mass is 16.7. The second kappa shape index (κ2) is 31.2. The lowest BCUT2D eigenvalue weighted by Crippen LogP contribution is -2.69. The molecular weight excluding hydrogens is 856 g/mol. The molecule has 2 amide bonds. The zero-order chi connectivity index (χ0) is 47.9. The van der Waals surface area contributed by atoms with Gasteiger partial charge in [0.15, 0.2) is 18.9 Å². The van der Waals surface area contributed by atoms with Crippen LogP contribution >= 0.6 is 0 Å². The summed E-state index contributed by atoms with van der Waals surface area (Å²) in [5.74, 6) is -0.997. The Morgan fingerprint density at radius 1 is 0.600 bits per heavy atom. The molecule has 17 atom stereocenters. The van der Waals surface area contributed by atoms with Gasteiger partial charge in [-0.05, 0) is 19.3 Å². The van der Waals surface area contributed by atoms with Crippen molar-refractivity contribution in [1.29, 1.82) is 0 Å². The van der Waals surface area contributed by atoms with Gasteiger partial charge in [0.2, 0.25) is 11.8 Å². The highest BCUT2D eigenvalue weighted by Crippen LogP contribution is 2.33. The van der Waals surface area contributed by atoms with Gasteiger partial charge >= 0.3 is 0 Å². The van der Waals surface area contributed by atoms with Crippen molar-refractivity contribution >= 4 is 11.8 Å². The van der Waals surface area contributed by atoms with Crippen molar-refractivity contribution in [2.45, 2.75) is 234 Å². The van der Waals surface area contributed by atoms with Crippen LogP contribution in [0, 0.1) is 0 Å². The van der Waals surface area contributed by atoms with Crippen molar-refractivity contribution in [3.63, 3.8) is 0 Å². The normalized spacial score (nSPS) is 34.1. The highest BCUT2D eigenvalue weighted by Gasteiger charge is 2.54. The first-order valence-electron chi connectivity index (χ1n) is 23.9. The minimum Gasteiger partial charge on any atom is -0.394 e. The molecule has 65 heavy (non-hydrogen) atoms. The molecule has 20 heteroatoms. The summed E-state index contributed by atoms with van der Waals surface area (Å²) in [4.78, 5) is 25.6. The van der Waals surface area contributed by atoms with Crippen LogP contribution in [0.5, 0.6) is 0 Å². The lowest BCUT2D eigenvalue weighted by molar-refractivity contribution is -0.365. The van der Waals surface area contributed by atoms with E-state index in [1.54, 1.807) is 6.08 Å². The Balaban J connectivity index is 1.72. The number of unbranched alkanes of at least 4 members (excludes halogenated alkanes) is 14. The molecular formula is C45H82N2O18. The Bertz CT molecular complexity index is 1330. The number of aliphatic hydroxyl groups is 10. The number of carbonyl (C=O) groups is 2. The van der Waals surface area contributed by atoms with E-state index in [4.69, 9.17) is 28.4 Å². The SMILES string of the molecule is CCCCCCCCC/C=C\C(O)C(CO[C@@H]1O[C@H](CO)[C@H](O[C@@H]2O[C@H](CO)[C@H](O)[C@H](O[C@@H]3O[C@H](CO)[C@H](O)[C@H](O)[C@H]3O)[C@H]2NC(C)=O)[C@H](O)[C@H]1O)NC(=O)CCCCCCCCCC. The van der Waals surface area contributed by atoms with Gasteiger partial charge in [-0.2, -0.15) is 0 Å². The molecule has 3 rings (SSSR count). The monoisotopic (exact) mass is 939 g/mol. The molecule has 0 bridgehead atoms. The number of allylic oxidation sites excluding steroid dienone is 1. The Hall–Kier alpha value is -1.96. The maximum Gasteiger partial charge on any atom is 0.220 e. The predicted octanol–water partition coefficient (Wildman–Crippen LogP) is -0.331. The fraction of sp³-hybridized carbons (Fsp3) is 0.911. The van der Waals surface area contributed by atoms with Gasteiger partial charge in [0, 0.05) is 13.3 Å². The van der Waals surface area contributed by atoms with Crippen LogP contribution in [-0.2, 0) is 38.0 Å². The molecule has 20 nitrogen and oxygen atoms in total. The van der Waals surface area contributed by atoms with Crippen LogP contribution in [-0.4, -0.2) is 194 Å². The standard InChI is InChI=1S/C45H82N2O18/c1-4-6-8-10-12-14-15-17-19-21-29(52)28(47-33(53)22-20-18-16-13-11-9-7-5-2)26-60-44-40(59)38(57)41(32(25-50)63-44)64-43-34(46-27(3)51)42(36(55)31(24-49)61-43)65-45-39(58)37(56)35(54)30(23-48)62-45/h19,21,28-32,34-45,48-50,52,54-59H,4-18,20,22-26H2,1-3H3,(H,46,51)(H,47,53)/b21-19-/t28?,29?,30-,31-,32-,34-,35+,36+,37+,38-,39-,40-,41+,42-,43+,44-,45+/m1/s1. The number of ether oxygens (including phenoxy) is 6. The number of rotatable bonds is 31. The van der Waals surface area contributed by atoms with Crippen molar-refractivity contribution in [3.8, 4) is 0 Å². The topological polar surface area (TPSA) is 316 Å². The third kappa shape index (κ3) is 18.5. The van der Waals surface area contributed by atoms with Gasteiger partial charge in [-0.15, -0.1) is 0 Å². The first kappa shape index (κ1) is 57.4. The van der Waals surface area contributed by atoms with Crippen LogP contribution in [0.25, 0.3) is 0 Å². The minimum atomic E-state index is -1.91. The second-order valence-electron chi connectivity index (χ2n) is 17.6. The first-order valence-corrected chi connectivity index (χ1v) is 23.9. The molecule has 3 aliphatic heterocycles. The number of hydrogen-bond donors (Lipinski definition) is 12. The van der Waals surface area contributed by atoms with E-state index in [9.17, 15) is 60.7 Å². The number of amides is 2. The third-order valence-corrected chi connectivity index (χ3v) is 12.2. The Morgan fingerprint density at radius 3 is 1.69 bits per heavy atom. The molecule has 0 spiro atoms. The van der Waals surface area contributed by atoms with Gasteiger partial charge < -0.3 is 90.1 Å². The molecule has 3 fully saturated rings. The molecule has 3 heterocycles. The molecule has 0 aromatic rings. The molecule has 0 aromatic heterocycles. The van der Waals surface area contributed by atoms with Crippen LogP contribution in [0.2, 0.25) is 0 Å². The Morgan fingerprint density at radius 2 is 1.11 bits per heavy atom. The van der Waals surface area contributed by atoms with Crippen LogP contribution in [0.1, 0.15) is 130 Å². The van der Waals surface area contributed by atoms with E-state index in [-0.39, 0.29) is 18.9 Å². The first-order chi connectivity index (χ1) is 31.2. The zero-order valence-corrected chi connectivity index (χ0v) is 38.6. The van der Waals surface area contributed by atoms with E-state index in [0.29, 0.717) is 6.42 Å². The number of nitrogens with one attached hydrogen (secondary N) is 2. The van der Waals surface area contributed by atoms with Gasteiger partial charge in [0.1, 0.15) is 73.2 Å². The smallest absolute Gasteiger partial charge is 0.220 e. The van der Waals surface area contributed by atoms with Crippen molar-refractivity contribution in [2.24, 2.45) is 0 Å². The molecule has 0 aromatic carbocycles. The van der Waals surface area contributed by atoms with Gasteiger partial charge in [-0.1, -0.05) is 109 Å². The van der Waals surface area contributed by atoms with Crippen molar-refractivity contribution in [2.75, 3.05) is 26.4 Å². The molecule has 380 valence electrons. The van der Waals surface area contributed by atoms with Crippen molar-refractivity contribution in [1.82, 2.24) is 10.6 Å². The summed E-state index contributed by atoms with van der Waals surface area (Å²) in [6.07, 6.45) is -4.13. The average molecular weight is 939 g/mol. The molecule has 3 aliphatic rings. The number of carbonyl (C=O) groups excluding carboxylic acids is 2. The van der Waals surface area contributed by atoms with Crippen LogP contribution < -0.4 is 10.6 Å². The lowest BCUT2D eigenvalue weighted by atomic mass is 9.94. The fourth-order valence-corrected chi connectivity index (χ4v) is 8.29. The Kier molecular flexibility index (Phi) is 27.6. The maximum absolute atomic E-state index is 13.1. The number of hydrogen-bond acceptors (Lipinski definition) is 18. The summed E-state index contributed by atoms with van der Waals surface area (Å²) in [6.45, 7) is 2.64. The largest absolute Gasteiger partial charge is 0.394 e. The lowest BCUT2D eigenvalue weighted by Gasteiger charge is -2.49. The molecule has 0 radical (unpaired) electrons. The van der Waals surface area contributed by atoms with Crippen molar-refractivity contribution < 1.29 is 89.1 Å². The van der Waals surface area contributed by atoms with E-state index in [1.165, 1.54) is 44.9 Å². The summed E-state index contributed by atoms with van der Waals surface area (Å²) < 4.78 is 34.9. The molecule has 3 saturated heterocycles. The summed E-state index contributed by atoms with van der Waals surface area (Å²) in [7, 11) is 0. The molecule has 2 unspecified atom stereocenters. The predicted molar refractivity (Wildman–Crippen MR) is 233 cm³/mol. The van der Waals surface area contributed by atoms with E-state index in [0.717, 1.165) is 58.3 Å². The highest BCUT2D eigenvalue weighted by molar-refractivity contribution is 5.76. The van der Waals surface area contributed by atoms with E-state index in [1.807, 2.05) is 6.08 Å². The molecule has 12 N–H and O–H groups in total. The van der Waals surface area contributed by atoms with Crippen molar-refractivity contribution in [3.05, 3.63) is 12.2 Å². The summed E-state index contributed by atoms with van der Waals surface area (Å²) in [6, 6.07) is -2.50. The van der Waals surface area contributed by atoms with Gasteiger partial charge in [0.25, 0.3) is 0 Å². The zero-order valence-electron chi connectivity index (χ0n) is 38.6. The second-order valence-corrected chi connectivity index (χ2v) is 17.6. The van der Waals surface area contributed by atoms with Crippen LogP contribution in [0.3, 0.4) is 0 Å². The number of aliphatic hydroxyl groups excluding tert-OH is 10. The fourth-order valence-electron chi connectivity index (χ4n) is 8.29. The quantitative estimate of drug-likeness (QED) is 0.0313. The van der Waals surface area contributed by atoms with E-state index in [2.05, 4.69) is 24.5 Å². The van der Waals surface area contributed by atoms with Gasteiger partial charge in [0.05, 0.1) is 38.6 Å². The summed E-state index contributed by atoms with van der Waals surface area (Å²) in [5.41, 5.74) is 0. The van der Waals surface area contributed by atoms with Crippen LogP contribution in [0.15, 0.2) is 12.2 Å². The summed E-state index contributed by atoms with van der Waals surface area (Å²) >= 11 is 0. The Labute approximate surface area is 383 Å². The van der Waals surface area contributed by atoms with Crippen LogP contribution in [0.4, 0.5) is 0 Å². The van der Waals surface area contributed by atoms with Gasteiger partial charge in [-0.3, -0.25) is 9.59 Å². The maximum atomic E-state index is 13.1. The van der Waals surface area contributed by atoms with Gasteiger partial charge in [-0.25, -0.2) is 0 Å². The summed E-state index contributed by atoms with van der Waals surface area (Å²) in [5, 5.41) is 112. The van der Waals surface area contributed by atoms with E-state index < -0.39 is 130 Å². The van der Waals surface area contributed by atoms with E-state index >= 15 is 0 Å². The average Bonchev–Trinajstić information content (AvgIpc) is 3.29. The molecule has 0 aliphatic carbocycles. The molecule has 0 saturated carbocycles. The third-order valence-electron chi connectivity index (χ3n) is 12.2. The minimum absolute atomic E-state index is 0.234.